The average molecular weight is 194 g/mol. The van der Waals surface area contributed by atoms with Crippen LogP contribution in [-0.4, -0.2) is 21.3 Å². The highest BCUT2D eigenvalue weighted by molar-refractivity contribution is 5.22. The maximum absolute atomic E-state index is 11.1. The Bertz CT molecular complexity index is 490. The quantitative estimate of drug-likeness (QED) is 0.621. The zero-order valence-electron chi connectivity index (χ0n) is 7.65. The van der Waals surface area contributed by atoms with Crippen molar-refractivity contribution >= 4 is 6.20 Å². The number of H-pyrrole nitrogens is 1. The smallest absolute Gasteiger partial charge is 0.332 e. The number of aromatic amines is 1. The van der Waals surface area contributed by atoms with Gasteiger partial charge in [-0.2, -0.15) is 0 Å². The number of hydrogen-bond acceptors (Lipinski definition) is 3. The van der Waals surface area contributed by atoms with E-state index >= 15 is 0 Å². The van der Waals surface area contributed by atoms with E-state index in [-0.39, 0.29) is 6.61 Å². The van der Waals surface area contributed by atoms with Crippen LogP contribution in [0.15, 0.2) is 27.6 Å². The van der Waals surface area contributed by atoms with Crippen LogP contribution in [0.5, 0.6) is 0 Å². The molecule has 0 aliphatic heterocycles. The van der Waals surface area contributed by atoms with Crippen molar-refractivity contribution in [2.24, 2.45) is 0 Å². The van der Waals surface area contributed by atoms with Gasteiger partial charge in [-0.3, -0.25) is 14.3 Å². The van der Waals surface area contributed by atoms with E-state index in [0.717, 1.165) is 0 Å². The van der Waals surface area contributed by atoms with E-state index in [2.05, 4.69) is 10.7 Å². The summed E-state index contributed by atoms with van der Waals surface area (Å²) in [5.74, 6) is 0. The number of aryl methyl sites for hydroxylation is 1. The van der Waals surface area contributed by atoms with Gasteiger partial charge in [-0.25, -0.2) is 4.79 Å². The molecule has 1 rings (SSSR count). The van der Waals surface area contributed by atoms with Crippen LogP contribution >= 0.6 is 0 Å². The second-order valence-electron chi connectivity index (χ2n) is 2.66. The molecule has 0 bridgehead atoms. The van der Waals surface area contributed by atoms with E-state index in [1.54, 1.807) is 6.92 Å². The van der Waals surface area contributed by atoms with Crippen LogP contribution in [0.25, 0.3) is 6.20 Å². The zero-order valence-corrected chi connectivity index (χ0v) is 7.65. The van der Waals surface area contributed by atoms with Crippen molar-refractivity contribution < 1.29 is 5.11 Å². The van der Waals surface area contributed by atoms with Crippen LogP contribution in [0.4, 0.5) is 0 Å². The van der Waals surface area contributed by atoms with Crippen molar-refractivity contribution in [2.45, 2.75) is 6.92 Å². The SMILES string of the molecule is Cc1cn(C=C=CCO)c(=O)[nH]c1=O. The molecule has 2 N–H and O–H groups in total. The highest BCUT2D eigenvalue weighted by Gasteiger charge is 1.96. The molecule has 0 saturated carbocycles. The van der Waals surface area contributed by atoms with Crippen LogP contribution in [0, 0.1) is 6.92 Å². The van der Waals surface area contributed by atoms with Crippen molar-refractivity contribution in [2.75, 3.05) is 6.61 Å². The summed E-state index contributed by atoms with van der Waals surface area (Å²) in [4.78, 5) is 24.3. The first kappa shape index (κ1) is 10.2. The Hall–Kier alpha value is -1.84. The molecule has 0 aliphatic carbocycles. The van der Waals surface area contributed by atoms with Gasteiger partial charge in [-0.05, 0) is 13.0 Å². The van der Waals surface area contributed by atoms with Crippen molar-refractivity contribution in [3.8, 4) is 0 Å². The molecule has 14 heavy (non-hydrogen) atoms. The molecule has 0 radical (unpaired) electrons. The molecular formula is C9H10N2O3. The third-order valence-corrected chi connectivity index (χ3v) is 1.57. The molecule has 0 atom stereocenters. The molecule has 1 heterocycles. The van der Waals surface area contributed by atoms with Crippen molar-refractivity contribution in [3.05, 3.63) is 44.4 Å². The predicted molar refractivity (Wildman–Crippen MR) is 52.0 cm³/mol. The third kappa shape index (κ3) is 2.32. The maximum atomic E-state index is 11.1. The molecule has 1 aromatic rings. The molecule has 0 aliphatic rings. The lowest BCUT2D eigenvalue weighted by molar-refractivity contribution is 0.343. The molecule has 0 unspecified atom stereocenters. The van der Waals surface area contributed by atoms with E-state index in [1.165, 1.54) is 23.0 Å². The number of aliphatic hydroxyl groups is 1. The number of aliphatic hydroxyl groups excluding tert-OH is 1. The van der Waals surface area contributed by atoms with Gasteiger partial charge in [0.1, 0.15) is 0 Å². The van der Waals surface area contributed by atoms with Crippen LogP contribution in [0.3, 0.4) is 0 Å². The van der Waals surface area contributed by atoms with Gasteiger partial charge in [0.05, 0.1) is 12.8 Å². The van der Waals surface area contributed by atoms with E-state index in [4.69, 9.17) is 5.11 Å². The van der Waals surface area contributed by atoms with E-state index in [1.807, 2.05) is 0 Å². The Balaban J connectivity index is 3.24. The minimum Gasteiger partial charge on any atom is -0.392 e. The fourth-order valence-corrected chi connectivity index (χ4v) is 0.868. The summed E-state index contributed by atoms with van der Waals surface area (Å²) in [7, 11) is 0. The Morgan fingerprint density at radius 1 is 1.64 bits per heavy atom. The molecule has 0 saturated heterocycles. The first-order valence-electron chi connectivity index (χ1n) is 3.99. The minimum atomic E-state index is -0.528. The molecule has 0 aromatic carbocycles. The van der Waals surface area contributed by atoms with Crippen molar-refractivity contribution in [1.82, 2.24) is 9.55 Å². The second-order valence-corrected chi connectivity index (χ2v) is 2.66. The first-order chi connectivity index (χ1) is 6.65. The highest BCUT2D eigenvalue weighted by Crippen LogP contribution is 1.83. The van der Waals surface area contributed by atoms with Gasteiger partial charge in [-0.1, -0.05) is 0 Å². The lowest BCUT2D eigenvalue weighted by Gasteiger charge is -1.96. The predicted octanol–water partition coefficient (Wildman–Crippen LogP) is -0.537. The first-order valence-corrected chi connectivity index (χ1v) is 3.99. The molecule has 5 nitrogen and oxygen atoms in total. The summed E-state index contributed by atoms with van der Waals surface area (Å²) in [6.45, 7) is 1.45. The number of rotatable bonds is 2. The summed E-state index contributed by atoms with van der Waals surface area (Å²) in [6.07, 6.45) is 4.09. The van der Waals surface area contributed by atoms with Gasteiger partial charge in [0.25, 0.3) is 5.56 Å². The summed E-state index contributed by atoms with van der Waals surface area (Å²) in [6, 6.07) is 0. The Kier molecular flexibility index (Phi) is 3.23. The minimum absolute atomic E-state index is 0.145. The largest absolute Gasteiger partial charge is 0.392 e. The lowest BCUT2D eigenvalue weighted by atomic mass is 10.4. The molecule has 0 amide bonds. The van der Waals surface area contributed by atoms with Gasteiger partial charge in [0.15, 0.2) is 0 Å². The average Bonchev–Trinajstić information content (AvgIpc) is 2.14. The van der Waals surface area contributed by atoms with E-state index in [9.17, 15) is 9.59 Å². The molecule has 1 aromatic heterocycles. The Morgan fingerprint density at radius 3 is 3.00 bits per heavy atom. The molecule has 5 heteroatoms. The van der Waals surface area contributed by atoms with E-state index < -0.39 is 11.2 Å². The summed E-state index contributed by atoms with van der Waals surface area (Å²) >= 11 is 0. The number of nitrogens with one attached hydrogen (secondary N) is 1. The van der Waals surface area contributed by atoms with Crippen LogP contribution in [-0.2, 0) is 0 Å². The molecular weight excluding hydrogens is 184 g/mol. The van der Waals surface area contributed by atoms with Gasteiger partial charge < -0.3 is 5.11 Å². The van der Waals surface area contributed by atoms with Gasteiger partial charge in [0, 0.05) is 11.8 Å². The second kappa shape index (κ2) is 4.41. The maximum Gasteiger partial charge on any atom is 0.332 e. The Labute approximate surface area is 79.6 Å². The van der Waals surface area contributed by atoms with Crippen LogP contribution in [0.2, 0.25) is 0 Å². The molecule has 74 valence electrons. The van der Waals surface area contributed by atoms with Gasteiger partial charge in [0.2, 0.25) is 0 Å². The topological polar surface area (TPSA) is 75.1 Å². The number of aromatic nitrogens is 2. The van der Waals surface area contributed by atoms with Crippen molar-refractivity contribution in [1.29, 1.82) is 0 Å². The zero-order chi connectivity index (χ0) is 10.6. The summed E-state index contributed by atoms with van der Waals surface area (Å²) in [5.41, 5.74) is 2.09. The Morgan fingerprint density at radius 2 is 2.36 bits per heavy atom. The third-order valence-electron chi connectivity index (χ3n) is 1.57. The summed E-state index contributed by atoms with van der Waals surface area (Å²) < 4.78 is 1.18. The fraction of sp³-hybridized carbons (Fsp3) is 0.222. The monoisotopic (exact) mass is 194 g/mol. The van der Waals surface area contributed by atoms with Gasteiger partial charge >= 0.3 is 5.69 Å². The lowest BCUT2D eigenvalue weighted by Crippen LogP contribution is -2.28. The van der Waals surface area contributed by atoms with E-state index in [0.29, 0.717) is 5.56 Å². The molecule has 0 fully saturated rings. The number of nitrogens with zero attached hydrogens (tertiary/aromatic N) is 1. The summed E-state index contributed by atoms with van der Waals surface area (Å²) in [5, 5.41) is 8.43. The molecule has 0 spiro atoms. The van der Waals surface area contributed by atoms with Gasteiger partial charge in [-0.15, -0.1) is 5.73 Å². The fourth-order valence-electron chi connectivity index (χ4n) is 0.868. The normalized spacial score (nSPS) is 9.29. The van der Waals surface area contributed by atoms with Crippen LogP contribution in [0.1, 0.15) is 5.56 Å². The van der Waals surface area contributed by atoms with Crippen LogP contribution < -0.4 is 11.2 Å². The van der Waals surface area contributed by atoms with Crippen molar-refractivity contribution in [3.63, 3.8) is 0 Å². The number of hydrogen-bond donors (Lipinski definition) is 2. The standard InChI is InChI=1S/C9H10N2O3/c1-7-6-11(4-2-3-5-12)9(14)10-8(7)13/h3-4,6,12H,5H2,1H3,(H,10,13,14). The highest BCUT2D eigenvalue weighted by atomic mass is 16.2.